The first-order chi connectivity index (χ1) is 18.3. The number of amides is 3. The van der Waals surface area contributed by atoms with Gasteiger partial charge < -0.3 is 14.8 Å². The summed E-state index contributed by atoms with van der Waals surface area (Å²) in [5.74, 6) is -3.28. The first-order valence-corrected chi connectivity index (χ1v) is 12.0. The molecular weight excluding hydrogens is 499 g/mol. The van der Waals surface area contributed by atoms with Crippen molar-refractivity contribution in [3.63, 3.8) is 0 Å². The second-order valence-corrected chi connectivity index (χ2v) is 9.11. The number of hydrogen-bond donors (Lipinski definition) is 1. The fourth-order valence-electron chi connectivity index (χ4n) is 5.24. The number of imide groups is 1. The lowest BCUT2D eigenvalue weighted by atomic mass is 9.85. The molecule has 1 heterocycles. The number of anilines is 1. The fraction of sp³-hybridized carbons (Fsp3) is 0.308. The molecule has 11 nitrogen and oxygen atoms in total. The summed E-state index contributed by atoms with van der Waals surface area (Å²) in [6.45, 7) is 1.13. The van der Waals surface area contributed by atoms with Gasteiger partial charge in [0.25, 0.3) is 17.7 Å². The van der Waals surface area contributed by atoms with Gasteiger partial charge in [0.15, 0.2) is 12.4 Å². The predicted octanol–water partition coefficient (Wildman–Crippen LogP) is 3.29. The van der Waals surface area contributed by atoms with Crippen LogP contribution in [0.3, 0.4) is 0 Å². The van der Waals surface area contributed by atoms with Crippen molar-refractivity contribution in [3.05, 3.63) is 70.0 Å². The topological polar surface area (TPSA) is 140 Å². The zero-order chi connectivity index (χ0) is 27.0. The largest absolute Gasteiger partial charge is 0.490 e. The molecule has 0 unspecified atom stereocenters. The van der Waals surface area contributed by atoms with E-state index in [-0.39, 0.29) is 53.0 Å². The number of allylic oxidation sites excluding steroid dienone is 2. The molecule has 4 atom stereocenters. The van der Waals surface area contributed by atoms with Crippen molar-refractivity contribution in [1.29, 1.82) is 0 Å². The quantitative estimate of drug-likeness (QED) is 0.175. The minimum atomic E-state index is -0.738. The summed E-state index contributed by atoms with van der Waals surface area (Å²) in [5.41, 5.74) is -0.400. The van der Waals surface area contributed by atoms with E-state index in [0.717, 1.165) is 17.5 Å². The summed E-state index contributed by atoms with van der Waals surface area (Å²) >= 11 is 0. The number of nitrogens with one attached hydrogen (secondary N) is 1. The standard InChI is InChI=1S/C26H23FN4O7/c1-2-37-20-10-14(12-28-30-25(33)22-15-7-8-16(11-15)23(22)26(30)34)9-19(31(35)36)24(20)38-13-21(32)29-18-6-4-3-5-17(18)27/h3-10,12,15-16,22-23H,2,11,13H2,1H3,(H,29,32)/t15-,16-,22-,23+/m0/s1. The van der Waals surface area contributed by atoms with Crippen LogP contribution in [-0.4, -0.2) is 47.1 Å². The van der Waals surface area contributed by atoms with Gasteiger partial charge in [-0.3, -0.25) is 24.5 Å². The number of hydrogen-bond acceptors (Lipinski definition) is 8. The molecule has 2 bridgehead atoms. The van der Waals surface area contributed by atoms with Gasteiger partial charge in [0, 0.05) is 11.6 Å². The number of hydrazone groups is 1. The van der Waals surface area contributed by atoms with Crippen LogP contribution in [0.4, 0.5) is 15.8 Å². The molecule has 2 aliphatic carbocycles. The van der Waals surface area contributed by atoms with Crippen molar-refractivity contribution in [2.45, 2.75) is 13.3 Å². The average molecular weight is 522 g/mol. The Morgan fingerprint density at radius 2 is 1.87 bits per heavy atom. The van der Waals surface area contributed by atoms with Crippen LogP contribution in [0.15, 0.2) is 53.7 Å². The van der Waals surface area contributed by atoms with Gasteiger partial charge in [-0.1, -0.05) is 24.3 Å². The Kier molecular flexibility index (Phi) is 6.62. The number of nitro benzene ring substituents is 1. The van der Waals surface area contributed by atoms with Crippen molar-refractivity contribution in [1.82, 2.24) is 5.01 Å². The van der Waals surface area contributed by atoms with E-state index in [1.807, 2.05) is 12.2 Å². The maximum atomic E-state index is 13.8. The van der Waals surface area contributed by atoms with Crippen LogP contribution in [-0.2, 0) is 14.4 Å². The van der Waals surface area contributed by atoms with Gasteiger partial charge >= 0.3 is 5.69 Å². The second-order valence-electron chi connectivity index (χ2n) is 9.11. The number of carbonyl (C=O) groups excluding carboxylic acids is 3. The van der Waals surface area contributed by atoms with E-state index in [9.17, 15) is 28.9 Å². The van der Waals surface area contributed by atoms with Crippen LogP contribution in [0.1, 0.15) is 18.9 Å². The molecule has 12 heteroatoms. The minimum Gasteiger partial charge on any atom is -0.490 e. The highest BCUT2D eigenvalue weighted by molar-refractivity contribution is 6.06. The maximum absolute atomic E-state index is 13.8. The number of nitrogens with zero attached hydrogens (tertiary/aromatic N) is 3. The smallest absolute Gasteiger partial charge is 0.315 e. The fourth-order valence-corrected chi connectivity index (χ4v) is 5.24. The number of nitro groups is 1. The average Bonchev–Trinajstić information content (AvgIpc) is 3.57. The SMILES string of the molecule is CCOc1cc(C=NN2C(=O)[C@@H]3[C@H](C2=O)[C@H]2C=C[C@H]3C2)cc([N+](=O)[O-])c1OCC(=O)Nc1ccccc1F. The zero-order valence-corrected chi connectivity index (χ0v) is 20.2. The molecule has 1 aliphatic heterocycles. The highest BCUT2D eigenvalue weighted by Gasteiger charge is 2.59. The summed E-state index contributed by atoms with van der Waals surface area (Å²) in [6.07, 6.45) is 5.90. The Balaban J connectivity index is 1.35. The molecule has 3 aliphatic rings. The van der Waals surface area contributed by atoms with E-state index >= 15 is 0 Å². The van der Waals surface area contributed by atoms with Crippen LogP contribution < -0.4 is 14.8 Å². The highest BCUT2D eigenvalue weighted by atomic mass is 19.1. The van der Waals surface area contributed by atoms with E-state index in [2.05, 4.69) is 10.4 Å². The molecule has 1 saturated heterocycles. The van der Waals surface area contributed by atoms with E-state index < -0.39 is 40.8 Å². The molecule has 1 N–H and O–H groups in total. The lowest BCUT2D eigenvalue weighted by Gasteiger charge is -2.14. The first-order valence-electron chi connectivity index (χ1n) is 12.0. The third kappa shape index (κ3) is 4.49. The minimum absolute atomic E-state index is 0.0271. The highest BCUT2D eigenvalue weighted by Crippen LogP contribution is 2.52. The second kappa shape index (κ2) is 10.0. The number of fused-ring (bicyclic) bond motifs is 5. The Morgan fingerprint density at radius 3 is 2.50 bits per heavy atom. The molecular formula is C26H23FN4O7. The Morgan fingerprint density at radius 1 is 1.18 bits per heavy atom. The molecule has 1 saturated carbocycles. The zero-order valence-electron chi connectivity index (χ0n) is 20.2. The molecule has 3 amide bonds. The van der Waals surface area contributed by atoms with E-state index in [4.69, 9.17) is 9.47 Å². The summed E-state index contributed by atoms with van der Waals surface area (Å²) < 4.78 is 24.8. The van der Waals surface area contributed by atoms with Crippen molar-refractivity contribution in [2.75, 3.05) is 18.5 Å². The molecule has 0 radical (unpaired) electrons. The van der Waals surface area contributed by atoms with Crippen molar-refractivity contribution in [2.24, 2.45) is 28.8 Å². The number of para-hydroxylation sites is 1. The van der Waals surface area contributed by atoms with Crippen LogP contribution in [0.2, 0.25) is 0 Å². The molecule has 0 aromatic heterocycles. The van der Waals surface area contributed by atoms with Crippen LogP contribution in [0.5, 0.6) is 11.5 Å². The maximum Gasteiger partial charge on any atom is 0.315 e. The summed E-state index contributed by atoms with van der Waals surface area (Å²) in [5, 5.41) is 19.1. The van der Waals surface area contributed by atoms with Gasteiger partial charge in [-0.05, 0) is 43.4 Å². The van der Waals surface area contributed by atoms with Gasteiger partial charge in [-0.25, -0.2) is 4.39 Å². The monoisotopic (exact) mass is 522 g/mol. The number of carbonyl (C=O) groups is 3. The van der Waals surface area contributed by atoms with Crippen LogP contribution in [0.25, 0.3) is 0 Å². The number of benzene rings is 2. The van der Waals surface area contributed by atoms with Gasteiger partial charge in [0.05, 0.1) is 35.3 Å². The number of rotatable bonds is 9. The van der Waals surface area contributed by atoms with E-state index in [0.29, 0.717) is 0 Å². The Bertz CT molecular complexity index is 1360. The lowest BCUT2D eigenvalue weighted by Crippen LogP contribution is -2.28. The normalized spacial score (nSPS) is 23.3. The lowest BCUT2D eigenvalue weighted by molar-refractivity contribution is -0.385. The van der Waals surface area contributed by atoms with Crippen molar-refractivity contribution >= 4 is 35.3 Å². The molecule has 2 fully saturated rings. The first kappa shape index (κ1) is 25.1. The van der Waals surface area contributed by atoms with E-state index in [1.54, 1.807) is 6.92 Å². The predicted molar refractivity (Wildman–Crippen MR) is 132 cm³/mol. The molecule has 2 aromatic rings. The van der Waals surface area contributed by atoms with E-state index in [1.165, 1.54) is 36.5 Å². The molecule has 0 spiro atoms. The summed E-state index contributed by atoms with van der Waals surface area (Å²) in [7, 11) is 0. The number of ether oxygens (including phenoxy) is 2. The third-order valence-corrected chi connectivity index (χ3v) is 6.82. The third-order valence-electron chi connectivity index (χ3n) is 6.82. The molecule has 2 aromatic carbocycles. The van der Waals surface area contributed by atoms with Gasteiger partial charge in [-0.15, -0.1) is 0 Å². The van der Waals surface area contributed by atoms with Crippen molar-refractivity contribution in [3.8, 4) is 11.5 Å². The van der Waals surface area contributed by atoms with Gasteiger partial charge in [-0.2, -0.15) is 10.1 Å². The molecule has 196 valence electrons. The van der Waals surface area contributed by atoms with Gasteiger partial charge in [0.2, 0.25) is 5.75 Å². The van der Waals surface area contributed by atoms with Crippen LogP contribution >= 0.6 is 0 Å². The van der Waals surface area contributed by atoms with Gasteiger partial charge in [0.1, 0.15) is 5.82 Å². The summed E-state index contributed by atoms with van der Waals surface area (Å²) in [4.78, 5) is 49.1. The molecule has 38 heavy (non-hydrogen) atoms. The summed E-state index contributed by atoms with van der Waals surface area (Å²) in [6, 6.07) is 8.06. The Hall–Kier alpha value is -4.61. The van der Waals surface area contributed by atoms with Crippen LogP contribution in [0, 0.1) is 39.6 Å². The Labute approximate surface area is 216 Å². The molecule has 5 rings (SSSR count). The number of halogens is 1. The van der Waals surface area contributed by atoms with Crippen molar-refractivity contribution < 1.29 is 33.2 Å².